The van der Waals surface area contributed by atoms with Crippen molar-refractivity contribution >= 4 is 25.8 Å². The van der Waals surface area contributed by atoms with Crippen molar-refractivity contribution in [2.24, 2.45) is 17.0 Å². The van der Waals surface area contributed by atoms with Crippen LogP contribution in [-0.4, -0.2) is 53.1 Å². The van der Waals surface area contributed by atoms with Gasteiger partial charge >= 0.3 is 0 Å². The zero-order valence-corrected chi connectivity index (χ0v) is 21.3. The van der Waals surface area contributed by atoms with Crippen LogP contribution in [0.2, 0.25) is 0 Å². The molecule has 192 valence electrons. The van der Waals surface area contributed by atoms with Crippen LogP contribution in [-0.2, 0) is 24.8 Å². The fourth-order valence-corrected chi connectivity index (χ4v) is 8.93. The summed E-state index contributed by atoms with van der Waals surface area (Å²) in [6.07, 6.45) is 5.41. The van der Waals surface area contributed by atoms with Crippen LogP contribution in [0.5, 0.6) is 0 Å². The molecule has 0 amide bonds. The Morgan fingerprint density at radius 3 is 1.92 bits per heavy atom. The summed E-state index contributed by atoms with van der Waals surface area (Å²) in [6, 6.07) is 9.18. The van der Waals surface area contributed by atoms with E-state index in [1.807, 2.05) is 0 Å². The van der Waals surface area contributed by atoms with Crippen molar-refractivity contribution in [3.8, 4) is 11.1 Å². The molecule has 2 saturated carbocycles. The van der Waals surface area contributed by atoms with Crippen molar-refractivity contribution in [3.05, 3.63) is 47.5 Å². The summed E-state index contributed by atoms with van der Waals surface area (Å²) in [5, 5.41) is 13.3. The average Bonchev–Trinajstić information content (AvgIpc) is 3.56. The summed E-state index contributed by atoms with van der Waals surface area (Å²) < 4.78 is 63.4. The molecule has 1 aliphatic heterocycles. The van der Waals surface area contributed by atoms with Crippen LogP contribution in [0.4, 0.5) is 0 Å². The molecular formula is C25H29N3O6S2. The van der Waals surface area contributed by atoms with Gasteiger partial charge in [-0.2, -0.15) is 0 Å². The maximum atomic E-state index is 13.2. The lowest BCUT2D eigenvalue weighted by molar-refractivity contribution is 0.0832. The third-order valence-corrected chi connectivity index (χ3v) is 11.1. The lowest BCUT2D eigenvalue weighted by atomic mass is 9.96. The lowest BCUT2D eigenvalue weighted by Gasteiger charge is -2.23. The summed E-state index contributed by atoms with van der Waals surface area (Å²) in [5.74, 6) is 1.00. The molecule has 2 aromatic rings. The summed E-state index contributed by atoms with van der Waals surface area (Å²) in [4.78, 5) is 0.166. The first-order chi connectivity index (χ1) is 17.2. The highest BCUT2D eigenvalue weighted by Gasteiger charge is 2.41. The van der Waals surface area contributed by atoms with E-state index in [1.54, 1.807) is 18.2 Å². The van der Waals surface area contributed by atoms with Crippen molar-refractivity contribution in [1.82, 2.24) is 9.44 Å². The molecule has 6 rings (SSSR count). The number of fused-ring (bicyclic) bond motifs is 5. The Morgan fingerprint density at radius 1 is 0.778 bits per heavy atom. The van der Waals surface area contributed by atoms with Gasteiger partial charge in [-0.3, -0.25) is 0 Å². The topological polar surface area (TPSA) is 134 Å². The zero-order chi connectivity index (χ0) is 25.1. The molecule has 0 spiro atoms. The molecule has 0 radical (unpaired) electrons. The number of ether oxygens (including phenoxy) is 1. The van der Waals surface area contributed by atoms with Crippen LogP contribution in [0.25, 0.3) is 11.1 Å². The summed E-state index contributed by atoms with van der Waals surface area (Å²) in [5.41, 5.74) is 2.43. The molecule has 3 aliphatic carbocycles. The number of benzene rings is 2. The summed E-state index contributed by atoms with van der Waals surface area (Å²) in [7, 11) is -7.55. The number of nitrogens with one attached hydrogen (secondary N) is 2. The number of oxime groups is 1. The second kappa shape index (κ2) is 8.91. The van der Waals surface area contributed by atoms with E-state index in [4.69, 9.17) is 4.74 Å². The predicted octanol–water partition coefficient (Wildman–Crippen LogP) is 2.82. The van der Waals surface area contributed by atoms with E-state index in [0.717, 1.165) is 19.3 Å². The first-order valence-corrected chi connectivity index (χ1v) is 15.4. The lowest BCUT2D eigenvalue weighted by Crippen LogP contribution is -2.38. The molecule has 9 nitrogen and oxygen atoms in total. The highest BCUT2D eigenvalue weighted by molar-refractivity contribution is 7.89. The van der Waals surface area contributed by atoms with Crippen molar-refractivity contribution in [2.45, 2.75) is 60.4 Å². The minimum atomic E-state index is -3.80. The van der Waals surface area contributed by atoms with Gasteiger partial charge in [0.05, 0.1) is 9.79 Å². The molecule has 2 aromatic carbocycles. The zero-order valence-electron chi connectivity index (χ0n) is 19.7. The number of hydrogen-bond acceptors (Lipinski definition) is 7. The summed E-state index contributed by atoms with van der Waals surface area (Å²) >= 11 is 0. The largest absolute Gasteiger partial charge is 0.410 e. The van der Waals surface area contributed by atoms with E-state index in [-0.39, 0.29) is 27.6 Å². The molecule has 2 bridgehead atoms. The summed E-state index contributed by atoms with van der Waals surface area (Å²) in [6.45, 7) is 1.02. The quantitative estimate of drug-likeness (QED) is 0.331. The van der Waals surface area contributed by atoms with Crippen molar-refractivity contribution < 1.29 is 26.8 Å². The van der Waals surface area contributed by atoms with Gasteiger partial charge in [0.1, 0.15) is 5.71 Å². The smallest absolute Gasteiger partial charge is 0.240 e. The highest BCUT2D eigenvalue weighted by Crippen LogP contribution is 2.45. The van der Waals surface area contributed by atoms with Gasteiger partial charge in [0.15, 0.2) is 0 Å². The minimum absolute atomic E-state index is 0.0406. The molecule has 1 saturated heterocycles. The normalized spacial score (nSPS) is 26.9. The van der Waals surface area contributed by atoms with Gasteiger partial charge in [0.2, 0.25) is 20.0 Å². The third kappa shape index (κ3) is 4.16. The van der Waals surface area contributed by atoms with Gasteiger partial charge in [-0.15, -0.1) is 0 Å². The van der Waals surface area contributed by atoms with E-state index in [9.17, 15) is 22.0 Å². The van der Waals surface area contributed by atoms with Crippen LogP contribution >= 0.6 is 0 Å². The molecule has 0 aromatic heterocycles. The molecule has 3 N–H and O–H groups in total. The Labute approximate surface area is 211 Å². The molecule has 1 heterocycles. The number of rotatable bonds is 6. The van der Waals surface area contributed by atoms with Crippen molar-refractivity contribution in [2.75, 3.05) is 13.2 Å². The maximum absolute atomic E-state index is 13.2. The molecule has 11 heteroatoms. The first kappa shape index (κ1) is 24.1. The maximum Gasteiger partial charge on any atom is 0.240 e. The highest BCUT2D eigenvalue weighted by atomic mass is 32.2. The minimum Gasteiger partial charge on any atom is -0.410 e. The van der Waals surface area contributed by atoms with Gasteiger partial charge in [-0.1, -0.05) is 23.7 Å². The van der Waals surface area contributed by atoms with Gasteiger partial charge in [0.25, 0.3) is 0 Å². The molecule has 36 heavy (non-hydrogen) atoms. The fraction of sp³-hybridized carbons (Fsp3) is 0.480. The van der Waals surface area contributed by atoms with Crippen molar-refractivity contribution in [1.29, 1.82) is 0 Å². The van der Waals surface area contributed by atoms with Gasteiger partial charge < -0.3 is 9.94 Å². The van der Waals surface area contributed by atoms with Crippen molar-refractivity contribution in [3.63, 3.8) is 0 Å². The van der Waals surface area contributed by atoms with E-state index in [1.165, 1.54) is 24.6 Å². The Hall–Kier alpha value is -2.31. The Bertz CT molecular complexity index is 1450. The first-order valence-electron chi connectivity index (χ1n) is 12.4. The number of nitrogens with zero attached hydrogens (tertiary/aromatic N) is 1. The Balaban J connectivity index is 1.29. The SMILES string of the molecule is O=S(=O)(NC1CCOCC1)c1ccc2c(c1)/C(=N/O)c1cc(S(=O)(=O)NC3CC4CCC3C4)ccc1-2. The average molecular weight is 532 g/mol. The molecule has 3 fully saturated rings. The van der Waals surface area contributed by atoms with Gasteiger partial charge in [-0.05, 0) is 79.3 Å². The van der Waals surface area contributed by atoms with Crippen LogP contribution in [0.1, 0.15) is 49.7 Å². The second-order valence-electron chi connectivity index (χ2n) is 10.3. The molecular weight excluding hydrogens is 502 g/mol. The van der Waals surface area contributed by atoms with Crippen LogP contribution in [0.3, 0.4) is 0 Å². The number of sulfonamides is 2. The Kier molecular flexibility index (Phi) is 5.95. The van der Waals surface area contributed by atoms with Crippen LogP contribution in [0.15, 0.2) is 51.3 Å². The van der Waals surface area contributed by atoms with Crippen LogP contribution < -0.4 is 9.44 Å². The van der Waals surface area contributed by atoms with Crippen LogP contribution in [0, 0.1) is 11.8 Å². The predicted molar refractivity (Wildman–Crippen MR) is 133 cm³/mol. The molecule has 4 aliphatic rings. The van der Waals surface area contributed by atoms with E-state index >= 15 is 0 Å². The third-order valence-electron chi connectivity index (χ3n) is 8.09. The Morgan fingerprint density at radius 2 is 1.39 bits per heavy atom. The standard InChI is InChI=1S/C25H29N3O6S2/c29-26-25-22-13-18(35(30,31)27-17-7-9-34-10-8-17)3-5-20(22)21-6-4-19(14-23(21)25)36(32,33)28-24-12-15-1-2-16(24)11-15/h3-6,13-17,24,27-29H,1-2,7-12H2/b26-25-. The second-order valence-corrected chi connectivity index (χ2v) is 13.7. The van der Waals surface area contributed by atoms with E-state index in [0.29, 0.717) is 60.1 Å². The molecule has 3 unspecified atom stereocenters. The van der Waals surface area contributed by atoms with Gasteiger partial charge in [0, 0.05) is 36.4 Å². The fourth-order valence-electron chi connectivity index (χ4n) is 6.25. The molecule has 3 atom stereocenters. The monoisotopic (exact) mass is 531 g/mol. The van der Waals surface area contributed by atoms with E-state index < -0.39 is 20.0 Å². The van der Waals surface area contributed by atoms with E-state index in [2.05, 4.69) is 14.6 Å². The van der Waals surface area contributed by atoms with Gasteiger partial charge in [-0.25, -0.2) is 26.3 Å². The number of hydrogen-bond donors (Lipinski definition) is 3.